The van der Waals surface area contributed by atoms with Gasteiger partial charge in [0.25, 0.3) is 0 Å². The number of rotatable bonds is 5. The Morgan fingerprint density at radius 1 is 1.47 bits per heavy atom. The molecule has 1 aromatic rings. The van der Waals surface area contributed by atoms with Gasteiger partial charge in [0.05, 0.1) is 13.7 Å². The van der Waals surface area contributed by atoms with E-state index in [0.29, 0.717) is 10.6 Å². The van der Waals surface area contributed by atoms with E-state index < -0.39 is 24.5 Å². The number of benzene rings is 1. The van der Waals surface area contributed by atoms with Gasteiger partial charge in [-0.05, 0) is 17.7 Å². The van der Waals surface area contributed by atoms with Crippen LogP contribution in [0.2, 0.25) is 5.02 Å². The van der Waals surface area contributed by atoms with Crippen molar-refractivity contribution in [3.63, 3.8) is 0 Å². The summed E-state index contributed by atoms with van der Waals surface area (Å²) in [5, 5.41) is 11.8. The van der Waals surface area contributed by atoms with Crippen molar-refractivity contribution in [2.45, 2.75) is 6.04 Å². The van der Waals surface area contributed by atoms with E-state index >= 15 is 0 Å². The van der Waals surface area contributed by atoms with Gasteiger partial charge in [0.1, 0.15) is 0 Å². The van der Waals surface area contributed by atoms with Crippen molar-refractivity contribution >= 4 is 29.6 Å². The van der Waals surface area contributed by atoms with Crippen LogP contribution in [0.1, 0.15) is 5.56 Å². The Balaban J connectivity index is 2.65. The number of aliphatic hydroxyl groups excluding tert-OH is 1. The predicted octanol–water partition coefficient (Wildman–Crippen LogP) is 1.00. The third kappa shape index (κ3) is 4.73. The minimum absolute atomic E-state index is 0.512. The quantitative estimate of drug-likeness (QED) is 0.624. The standard InChI is InChI=1S/C13H14ClNO4/c1-19-13(18)11(8-16)15-12(17)7-6-9-4-2-3-5-10(9)14/h2-7,11,16H,8H2,1H3,(H,15,17)/b7-6+/t11-/m0/s1. The number of carbonyl (C=O) groups excluding carboxylic acids is 2. The highest BCUT2D eigenvalue weighted by atomic mass is 35.5. The van der Waals surface area contributed by atoms with Gasteiger partial charge in [-0.1, -0.05) is 29.8 Å². The molecule has 6 heteroatoms. The second-order valence-electron chi connectivity index (χ2n) is 3.62. The first-order chi connectivity index (χ1) is 9.08. The van der Waals surface area contributed by atoms with Crippen molar-refractivity contribution in [2.75, 3.05) is 13.7 Å². The fourth-order valence-electron chi connectivity index (χ4n) is 1.32. The lowest BCUT2D eigenvalue weighted by Gasteiger charge is -2.11. The summed E-state index contributed by atoms with van der Waals surface area (Å²) in [4.78, 5) is 22.7. The van der Waals surface area contributed by atoms with Crippen LogP contribution in [0.3, 0.4) is 0 Å². The Hall–Kier alpha value is -1.85. The van der Waals surface area contributed by atoms with Crippen LogP contribution in [-0.2, 0) is 14.3 Å². The van der Waals surface area contributed by atoms with Crippen LogP contribution in [-0.4, -0.2) is 36.7 Å². The molecule has 0 saturated carbocycles. The maximum absolute atomic E-state index is 11.6. The SMILES string of the molecule is COC(=O)[C@H](CO)NC(=O)/C=C/c1ccccc1Cl. The maximum Gasteiger partial charge on any atom is 0.330 e. The number of hydrogen-bond donors (Lipinski definition) is 2. The average molecular weight is 284 g/mol. The number of ether oxygens (including phenoxy) is 1. The maximum atomic E-state index is 11.6. The Kier molecular flexibility index (Phi) is 6.05. The van der Waals surface area contributed by atoms with Crippen molar-refractivity contribution in [3.05, 3.63) is 40.9 Å². The van der Waals surface area contributed by atoms with Crippen molar-refractivity contribution in [3.8, 4) is 0 Å². The number of esters is 1. The highest BCUT2D eigenvalue weighted by Gasteiger charge is 2.19. The molecule has 0 radical (unpaired) electrons. The summed E-state index contributed by atoms with van der Waals surface area (Å²) in [6.07, 6.45) is 2.75. The summed E-state index contributed by atoms with van der Waals surface area (Å²) >= 11 is 5.92. The molecule has 0 heterocycles. The third-order valence-corrected chi connectivity index (χ3v) is 2.65. The highest BCUT2D eigenvalue weighted by molar-refractivity contribution is 6.32. The number of nitrogens with one attached hydrogen (secondary N) is 1. The molecule has 0 bridgehead atoms. The third-order valence-electron chi connectivity index (χ3n) is 2.30. The van der Waals surface area contributed by atoms with Crippen LogP contribution < -0.4 is 5.32 Å². The average Bonchev–Trinajstić information content (AvgIpc) is 2.43. The van der Waals surface area contributed by atoms with E-state index in [2.05, 4.69) is 10.1 Å². The molecule has 0 aliphatic carbocycles. The smallest absolute Gasteiger partial charge is 0.330 e. The predicted molar refractivity (Wildman–Crippen MR) is 71.5 cm³/mol. The normalized spacial score (nSPS) is 12.2. The Labute approximate surface area is 115 Å². The summed E-state index contributed by atoms with van der Waals surface area (Å²) in [5.41, 5.74) is 0.679. The molecular weight excluding hydrogens is 270 g/mol. The van der Waals surface area contributed by atoms with E-state index in [1.165, 1.54) is 19.3 Å². The largest absolute Gasteiger partial charge is 0.467 e. The number of methoxy groups -OCH3 is 1. The van der Waals surface area contributed by atoms with Gasteiger partial charge in [-0.15, -0.1) is 0 Å². The molecule has 0 fully saturated rings. The first-order valence-electron chi connectivity index (χ1n) is 5.50. The van der Waals surface area contributed by atoms with E-state index in [9.17, 15) is 9.59 Å². The van der Waals surface area contributed by atoms with E-state index in [-0.39, 0.29) is 0 Å². The van der Waals surface area contributed by atoms with E-state index in [1.807, 2.05) is 0 Å². The lowest BCUT2D eigenvalue weighted by Crippen LogP contribution is -2.43. The molecule has 0 saturated heterocycles. The molecular formula is C13H14ClNO4. The molecule has 0 aliphatic rings. The molecule has 0 unspecified atom stereocenters. The molecule has 0 aromatic heterocycles. The summed E-state index contributed by atoms with van der Waals surface area (Å²) in [5.74, 6) is -1.23. The van der Waals surface area contributed by atoms with Crippen LogP contribution in [0, 0.1) is 0 Å². The number of carbonyl (C=O) groups is 2. The van der Waals surface area contributed by atoms with Gasteiger partial charge in [-0.25, -0.2) is 4.79 Å². The topological polar surface area (TPSA) is 75.6 Å². The summed E-state index contributed by atoms with van der Waals surface area (Å²) < 4.78 is 4.43. The van der Waals surface area contributed by atoms with Gasteiger partial charge in [0.15, 0.2) is 6.04 Å². The number of aliphatic hydroxyl groups is 1. The Bertz CT molecular complexity index is 487. The second kappa shape index (κ2) is 7.56. The number of halogens is 1. The van der Waals surface area contributed by atoms with Crippen molar-refractivity contribution < 1.29 is 19.4 Å². The van der Waals surface area contributed by atoms with Gasteiger partial charge in [0, 0.05) is 11.1 Å². The zero-order valence-electron chi connectivity index (χ0n) is 10.3. The van der Waals surface area contributed by atoms with E-state index in [1.54, 1.807) is 24.3 Å². The van der Waals surface area contributed by atoms with Crippen LogP contribution in [0.25, 0.3) is 6.08 Å². The molecule has 1 amide bonds. The first kappa shape index (κ1) is 15.2. The summed E-state index contributed by atoms with van der Waals surface area (Å²) in [6.45, 7) is -0.529. The lowest BCUT2D eigenvalue weighted by molar-refractivity contribution is -0.145. The van der Waals surface area contributed by atoms with E-state index in [4.69, 9.17) is 16.7 Å². The molecule has 19 heavy (non-hydrogen) atoms. The Morgan fingerprint density at radius 3 is 2.74 bits per heavy atom. The van der Waals surface area contributed by atoms with Crippen LogP contribution >= 0.6 is 11.6 Å². The monoisotopic (exact) mass is 283 g/mol. The van der Waals surface area contributed by atoms with Gasteiger partial charge < -0.3 is 15.2 Å². The minimum Gasteiger partial charge on any atom is -0.467 e. The summed E-state index contributed by atoms with van der Waals surface area (Å²) in [7, 11) is 1.18. The van der Waals surface area contributed by atoms with Crippen molar-refractivity contribution in [1.29, 1.82) is 0 Å². The van der Waals surface area contributed by atoms with Gasteiger partial charge in [0.2, 0.25) is 5.91 Å². The zero-order valence-corrected chi connectivity index (χ0v) is 11.1. The van der Waals surface area contributed by atoms with Gasteiger partial charge in [-0.2, -0.15) is 0 Å². The van der Waals surface area contributed by atoms with Crippen LogP contribution in [0.4, 0.5) is 0 Å². The van der Waals surface area contributed by atoms with Gasteiger partial charge in [-0.3, -0.25) is 4.79 Å². The number of amides is 1. The van der Waals surface area contributed by atoms with Crippen molar-refractivity contribution in [1.82, 2.24) is 5.32 Å². The fourth-order valence-corrected chi connectivity index (χ4v) is 1.52. The molecule has 102 valence electrons. The summed E-state index contributed by atoms with van der Waals surface area (Å²) in [6, 6.07) is 5.93. The van der Waals surface area contributed by atoms with Crippen molar-refractivity contribution in [2.24, 2.45) is 0 Å². The minimum atomic E-state index is -1.08. The van der Waals surface area contributed by atoms with Gasteiger partial charge >= 0.3 is 5.97 Å². The zero-order chi connectivity index (χ0) is 14.3. The molecule has 1 atom stereocenters. The van der Waals surface area contributed by atoms with Crippen LogP contribution in [0.15, 0.2) is 30.3 Å². The molecule has 2 N–H and O–H groups in total. The molecule has 5 nitrogen and oxygen atoms in total. The first-order valence-corrected chi connectivity index (χ1v) is 5.88. The highest BCUT2D eigenvalue weighted by Crippen LogP contribution is 2.15. The molecule has 1 aromatic carbocycles. The van der Waals surface area contributed by atoms with Crippen LogP contribution in [0.5, 0.6) is 0 Å². The molecule has 0 spiro atoms. The lowest BCUT2D eigenvalue weighted by atomic mass is 10.2. The molecule has 1 rings (SSSR count). The fraction of sp³-hybridized carbons (Fsp3) is 0.231. The second-order valence-corrected chi connectivity index (χ2v) is 4.03. The molecule has 0 aliphatic heterocycles. The van der Waals surface area contributed by atoms with E-state index in [0.717, 1.165) is 0 Å². The number of hydrogen-bond acceptors (Lipinski definition) is 4. The Morgan fingerprint density at radius 2 is 2.16 bits per heavy atom.